The topological polar surface area (TPSA) is 60.5 Å². The third-order valence-electron chi connectivity index (χ3n) is 4.81. The Hall–Kier alpha value is -2.11. The minimum absolute atomic E-state index is 0.0297. The number of nitrogens with one attached hydrogen (secondary N) is 1. The van der Waals surface area contributed by atoms with Crippen LogP contribution in [0.5, 0.6) is 5.88 Å². The first-order chi connectivity index (χ1) is 12.7. The Labute approximate surface area is 158 Å². The molecule has 1 aliphatic carbocycles. The van der Waals surface area contributed by atoms with Crippen molar-refractivity contribution in [3.63, 3.8) is 0 Å². The summed E-state index contributed by atoms with van der Waals surface area (Å²) in [6.45, 7) is 0.936. The van der Waals surface area contributed by atoms with Gasteiger partial charge in [-0.3, -0.25) is 4.79 Å². The zero-order valence-corrected chi connectivity index (χ0v) is 15.6. The highest BCUT2D eigenvalue weighted by Gasteiger charge is 2.43. The van der Waals surface area contributed by atoms with Gasteiger partial charge in [-0.25, -0.2) is 4.98 Å². The third kappa shape index (κ3) is 4.00. The van der Waals surface area contributed by atoms with E-state index in [1.54, 1.807) is 25.4 Å². The number of carbonyl (C=O) groups is 1. The van der Waals surface area contributed by atoms with Gasteiger partial charge in [0.2, 0.25) is 11.8 Å². The van der Waals surface area contributed by atoms with Crippen LogP contribution in [0.3, 0.4) is 0 Å². The maximum absolute atomic E-state index is 13.1. The van der Waals surface area contributed by atoms with E-state index < -0.39 is 5.41 Å². The number of rotatable bonds is 7. The fourth-order valence-corrected chi connectivity index (χ4v) is 3.78. The van der Waals surface area contributed by atoms with E-state index in [-0.39, 0.29) is 5.91 Å². The molecule has 0 spiro atoms. The van der Waals surface area contributed by atoms with Crippen molar-refractivity contribution in [2.24, 2.45) is 0 Å². The molecule has 5 nitrogen and oxygen atoms in total. The molecule has 1 aromatic heterocycles. The molecule has 1 aromatic carbocycles. The van der Waals surface area contributed by atoms with Gasteiger partial charge >= 0.3 is 0 Å². The van der Waals surface area contributed by atoms with Crippen molar-refractivity contribution in [3.8, 4) is 5.88 Å². The first-order valence-electron chi connectivity index (χ1n) is 8.80. The van der Waals surface area contributed by atoms with Crippen LogP contribution in [0, 0.1) is 0 Å². The molecule has 0 aliphatic heterocycles. The number of pyridine rings is 1. The molecular formula is C20H23ClN2O3. The van der Waals surface area contributed by atoms with Gasteiger partial charge in [-0.2, -0.15) is 0 Å². The van der Waals surface area contributed by atoms with Crippen LogP contribution in [0.25, 0.3) is 0 Å². The summed E-state index contributed by atoms with van der Waals surface area (Å²) in [6.07, 6.45) is 5.24. The molecule has 0 saturated heterocycles. The second-order valence-electron chi connectivity index (χ2n) is 6.45. The molecule has 1 fully saturated rings. The van der Waals surface area contributed by atoms with Crippen LogP contribution < -0.4 is 10.1 Å². The number of benzene rings is 1. The van der Waals surface area contributed by atoms with E-state index in [1.807, 2.05) is 24.3 Å². The fraction of sp³-hybridized carbons (Fsp3) is 0.400. The number of aromatic nitrogens is 1. The predicted molar refractivity (Wildman–Crippen MR) is 102 cm³/mol. The zero-order valence-electron chi connectivity index (χ0n) is 14.8. The molecule has 1 N–H and O–H groups in total. The molecule has 0 bridgehead atoms. The molecule has 1 amide bonds. The molecule has 0 atom stereocenters. The lowest BCUT2D eigenvalue weighted by Gasteiger charge is -2.29. The van der Waals surface area contributed by atoms with E-state index in [0.717, 1.165) is 31.2 Å². The van der Waals surface area contributed by atoms with Crippen LogP contribution in [0.2, 0.25) is 5.02 Å². The molecule has 1 aliphatic rings. The van der Waals surface area contributed by atoms with Crippen molar-refractivity contribution < 1.29 is 14.3 Å². The Bertz CT molecular complexity index is 743. The van der Waals surface area contributed by atoms with E-state index in [9.17, 15) is 4.79 Å². The Morgan fingerprint density at radius 2 is 1.96 bits per heavy atom. The van der Waals surface area contributed by atoms with Crippen molar-refractivity contribution in [2.45, 2.75) is 31.1 Å². The highest BCUT2D eigenvalue weighted by Crippen LogP contribution is 2.44. The normalized spacial score (nSPS) is 15.6. The summed E-state index contributed by atoms with van der Waals surface area (Å²) in [7, 11) is 1.62. The van der Waals surface area contributed by atoms with Crippen LogP contribution in [0.15, 0.2) is 42.6 Å². The first kappa shape index (κ1) is 18.7. The van der Waals surface area contributed by atoms with Gasteiger partial charge in [0.1, 0.15) is 6.61 Å². The fourth-order valence-electron chi connectivity index (χ4n) is 3.47. The number of hydrogen-bond acceptors (Lipinski definition) is 4. The Kier molecular flexibility index (Phi) is 6.12. The van der Waals surface area contributed by atoms with Crippen LogP contribution in [0.1, 0.15) is 31.2 Å². The quantitative estimate of drug-likeness (QED) is 0.737. The largest absolute Gasteiger partial charge is 0.475 e. The second-order valence-corrected chi connectivity index (χ2v) is 6.86. The highest BCUT2D eigenvalue weighted by molar-refractivity contribution is 6.31. The van der Waals surface area contributed by atoms with E-state index in [2.05, 4.69) is 10.3 Å². The SMILES string of the molecule is COCCOc1ccc(NC(=O)C2(c3ccccc3Cl)CCCC2)cn1. The predicted octanol–water partition coefficient (Wildman–Crippen LogP) is 4.21. The van der Waals surface area contributed by atoms with Gasteiger partial charge in [0, 0.05) is 18.2 Å². The number of amides is 1. The van der Waals surface area contributed by atoms with Gasteiger partial charge in [0.05, 0.1) is 23.9 Å². The van der Waals surface area contributed by atoms with Gasteiger partial charge < -0.3 is 14.8 Å². The molecule has 3 rings (SSSR count). The average molecular weight is 375 g/mol. The van der Waals surface area contributed by atoms with Gasteiger partial charge in [-0.15, -0.1) is 0 Å². The lowest BCUT2D eigenvalue weighted by atomic mass is 9.78. The first-order valence-corrected chi connectivity index (χ1v) is 9.18. The molecule has 26 heavy (non-hydrogen) atoms. The van der Waals surface area contributed by atoms with Crippen molar-refractivity contribution in [3.05, 3.63) is 53.2 Å². The van der Waals surface area contributed by atoms with Crippen molar-refractivity contribution >= 4 is 23.2 Å². The zero-order chi connectivity index (χ0) is 18.4. The summed E-state index contributed by atoms with van der Waals surface area (Å²) in [5.41, 5.74) is 0.975. The van der Waals surface area contributed by atoms with Gasteiger partial charge in [0.15, 0.2) is 0 Å². The number of anilines is 1. The number of halogens is 1. The molecular weight excluding hydrogens is 352 g/mol. The maximum Gasteiger partial charge on any atom is 0.235 e. The van der Waals surface area contributed by atoms with Crippen LogP contribution in [-0.2, 0) is 14.9 Å². The van der Waals surface area contributed by atoms with Gasteiger partial charge in [-0.05, 0) is 30.5 Å². The van der Waals surface area contributed by atoms with Crippen LogP contribution in [0.4, 0.5) is 5.69 Å². The third-order valence-corrected chi connectivity index (χ3v) is 5.14. The van der Waals surface area contributed by atoms with Crippen LogP contribution >= 0.6 is 11.6 Å². The molecule has 0 radical (unpaired) electrons. The molecule has 1 saturated carbocycles. The molecule has 0 unspecified atom stereocenters. The summed E-state index contributed by atoms with van der Waals surface area (Å²) in [5, 5.41) is 3.65. The Balaban J connectivity index is 1.74. The second kappa shape index (κ2) is 8.52. The van der Waals surface area contributed by atoms with Crippen molar-refractivity contribution in [2.75, 3.05) is 25.6 Å². The maximum atomic E-state index is 13.1. The summed E-state index contributed by atoms with van der Waals surface area (Å²) < 4.78 is 10.4. The number of ether oxygens (including phenoxy) is 2. The van der Waals surface area contributed by atoms with Gasteiger partial charge in [0.25, 0.3) is 0 Å². The lowest BCUT2D eigenvalue weighted by Crippen LogP contribution is -2.38. The Morgan fingerprint density at radius 1 is 1.19 bits per heavy atom. The number of carbonyl (C=O) groups excluding carboxylic acids is 1. The van der Waals surface area contributed by atoms with E-state index in [1.165, 1.54) is 0 Å². The van der Waals surface area contributed by atoms with Crippen LogP contribution in [-0.4, -0.2) is 31.2 Å². The van der Waals surface area contributed by atoms with Gasteiger partial charge in [-0.1, -0.05) is 42.6 Å². The average Bonchev–Trinajstić information content (AvgIpc) is 3.15. The molecule has 1 heterocycles. The number of methoxy groups -OCH3 is 1. The smallest absolute Gasteiger partial charge is 0.235 e. The van der Waals surface area contributed by atoms with E-state index in [0.29, 0.717) is 29.8 Å². The lowest BCUT2D eigenvalue weighted by molar-refractivity contribution is -0.121. The Morgan fingerprint density at radius 3 is 2.62 bits per heavy atom. The van der Waals surface area contributed by atoms with E-state index >= 15 is 0 Å². The molecule has 6 heteroatoms. The summed E-state index contributed by atoms with van der Waals surface area (Å²) in [6, 6.07) is 11.2. The standard InChI is InChI=1S/C20H23ClN2O3/c1-25-12-13-26-18-9-8-15(14-22-18)23-19(24)20(10-4-5-11-20)16-6-2-3-7-17(16)21/h2-3,6-9,14H,4-5,10-13H2,1H3,(H,23,24). The van der Waals surface area contributed by atoms with E-state index in [4.69, 9.17) is 21.1 Å². The monoisotopic (exact) mass is 374 g/mol. The summed E-state index contributed by atoms with van der Waals surface area (Å²) in [4.78, 5) is 17.4. The number of nitrogens with zero attached hydrogens (tertiary/aromatic N) is 1. The number of hydrogen-bond donors (Lipinski definition) is 1. The summed E-state index contributed by atoms with van der Waals surface area (Å²) >= 11 is 6.40. The minimum atomic E-state index is -0.577. The molecule has 138 valence electrons. The van der Waals surface area contributed by atoms with Crippen molar-refractivity contribution in [1.29, 1.82) is 0 Å². The summed E-state index contributed by atoms with van der Waals surface area (Å²) in [5.74, 6) is 0.472. The minimum Gasteiger partial charge on any atom is -0.475 e. The molecule has 2 aromatic rings. The van der Waals surface area contributed by atoms with Crippen molar-refractivity contribution in [1.82, 2.24) is 4.98 Å². The highest BCUT2D eigenvalue weighted by atomic mass is 35.5.